The highest BCUT2D eigenvalue weighted by molar-refractivity contribution is 7.90. The molecular weight excluding hydrogens is 610 g/mol. The van der Waals surface area contributed by atoms with Crippen LogP contribution in [-0.2, 0) is 27.8 Å². The van der Waals surface area contributed by atoms with Gasteiger partial charge < -0.3 is 15.0 Å². The van der Waals surface area contributed by atoms with Gasteiger partial charge >= 0.3 is 0 Å². The maximum absolute atomic E-state index is 13.4. The molecule has 0 radical (unpaired) electrons. The number of ether oxygens (including phenoxy) is 1. The molecular formula is C35H46ClN3O5S. The summed E-state index contributed by atoms with van der Waals surface area (Å²) in [5.41, 5.74) is 3.30. The highest BCUT2D eigenvalue weighted by Crippen LogP contribution is 2.41. The van der Waals surface area contributed by atoms with Crippen LogP contribution in [0.2, 0.25) is 5.02 Å². The zero-order chi connectivity index (χ0) is 32.1. The van der Waals surface area contributed by atoms with Crippen molar-refractivity contribution in [3.05, 3.63) is 70.3 Å². The number of nitrogens with one attached hydrogen (secondary N) is 2. The Morgan fingerprint density at radius 1 is 1.11 bits per heavy atom. The van der Waals surface area contributed by atoms with Gasteiger partial charge in [-0.1, -0.05) is 50.6 Å². The lowest BCUT2D eigenvalue weighted by Gasteiger charge is -2.44. The molecule has 0 aromatic heterocycles. The minimum absolute atomic E-state index is 0.0136. The Morgan fingerprint density at radius 2 is 1.93 bits per heavy atom. The van der Waals surface area contributed by atoms with Crippen molar-refractivity contribution < 1.29 is 22.7 Å². The van der Waals surface area contributed by atoms with Crippen LogP contribution in [0.25, 0.3) is 0 Å². The lowest BCUT2D eigenvalue weighted by molar-refractivity contribution is -0.125. The highest BCUT2D eigenvalue weighted by Gasteiger charge is 2.38. The minimum Gasteiger partial charge on any atom is -0.487 e. The van der Waals surface area contributed by atoms with Gasteiger partial charge in [0, 0.05) is 29.6 Å². The van der Waals surface area contributed by atoms with Gasteiger partial charge in [0.25, 0.3) is 5.91 Å². The average molecular weight is 656 g/mol. The number of nitrogens with zero attached hydrogens (tertiary/aromatic N) is 1. The van der Waals surface area contributed by atoms with E-state index in [0.29, 0.717) is 42.6 Å². The summed E-state index contributed by atoms with van der Waals surface area (Å²) >= 11 is 6.33. The first-order valence-corrected chi connectivity index (χ1v) is 18.3. The summed E-state index contributed by atoms with van der Waals surface area (Å²) in [6.45, 7) is 7.45. The zero-order valence-corrected chi connectivity index (χ0v) is 28.1. The molecule has 2 N–H and O–H groups in total. The van der Waals surface area contributed by atoms with E-state index in [0.717, 1.165) is 56.4 Å². The molecule has 5 rings (SSSR count). The molecule has 2 aromatic rings. The predicted octanol–water partition coefficient (Wildman–Crippen LogP) is 6.42. The molecule has 2 aromatic carbocycles. The van der Waals surface area contributed by atoms with E-state index >= 15 is 0 Å². The number of carbonyl (C=O) groups is 2. The van der Waals surface area contributed by atoms with E-state index < -0.39 is 21.2 Å². The third-order valence-electron chi connectivity index (χ3n) is 9.59. The second-order valence-electron chi connectivity index (χ2n) is 13.0. The smallest absolute Gasteiger partial charge is 0.264 e. The first-order chi connectivity index (χ1) is 21.6. The van der Waals surface area contributed by atoms with Crippen LogP contribution in [0.4, 0.5) is 5.69 Å². The van der Waals surface area contributed by atoms with Gasteiger partial charge in [-0.2, -0.15) is 0 Å². The van der Waals surface area contributed by atoms with Crippen molar-refractivity contribution in [1.82, 2.24) is 10.0 Å². The molecule has 4 atom stereocenters. The summed E-state index contributed by atoms with van der Waals surface area (Å²) in [6.07, 6.45) is 10.2. The summed E-state index contributed by atoms with van der Waals surface area (Å²) in [4.78, 5) is 28.6. The monoisotopic (exact) mass is 655 g/mol. The standard InChI is InChI=1S/C35H46ClN3O5S/c1-4-29-10-5-6-11-31(37-34(40)23(2)3)30-16-13-26(30)21-39-18-8-7-9-24-19-28(36)15-12-27(24)22-44-33-17-14-25(20-32(33)39)35(41)38-45(29,42)43/h6,11-12,14-15,17,19-20,23,26,29-31H,4-5,7-10,13,16,18,21-22H2,1-3H3,(H,37,40)(H,38,41)/b11-6+/t26-,29+,30+,31+/m0/s1. The normalized spacial score (nSPS) is 26.2. The van der Waals surface area contributed by atoms with Crippen molar-refractivity contribution in [2.75, 3.05) is 18.0 Å². The van der Waals surface area contributed by atoms with E-state index in [9.17, 15) is 18.0 Å². The van der Waals surface area contributed by atoms with Gasteiger partial charge in [0.15, 0.2) is 0 Å². The number of benzene rings is 2. The Hall–Kier alpha value is -3.04. The number of sulfonamides is 1. The lowest BCUT2D eigenvalue weighted by atomic mass is 9.69. The fourth-order valence-electron chi connectivity index (χ4n) is 6.66. The SMILES string of the molecule is CC[C@@H]1CC/C=C/[C@@H](NC(=O)C(C)C)[C@@H]2CC[C@H]2CN2CCCCc3cc(Cl)ccc3COc3ccc(cc32)C(=O)NS1(=O)=O. The molecule has 1 fully saturated rings. The quantitative estimate of drug-likeness (QED) is 0.370. The number of anilines is 1. The molecule has 2 aliphatic heterocycles. The van der Waals surface area contributed by atoms with Crippen molar-refractivity contribution in [3.63, 3.8) is 0 Å². The molecule has 2 heterocycles. The van der Waals surface area contributed by atoms with Crippen molar-refractivity contribution in [1.29, 1.82) is 0 Å². The van der Waals surface area contributed by atoms with Gasteiger partial charge in [-0.25, -0.2) is 13.1 Å². The van der Waals surface area contributed by atoms with Crippen LogP contribution in [0.5, 0.6) is 5.75 Å². The van der Waals surface area contributed by atoms with Crippen molar-refractivity contribution in [3.8, 4) is 5.75 Å². The molecule has 3 aliphatic rings. The number of amides is 2. The Labute approximate surface area is 273 Å². The van der Waals surface area contributed by atoms with Crippen LogP contribution < -0.4 is 19.7 Å². The molecule has 244 valence electrons. The second-order valence-corrected chi connectivity index (χ2v) is 15.4. The number of halogens is 1. The molecule has 2 bridgehead atoms. The molecule has 45 heavy (non-hydrogen) atoms. The van der Waals surface area contributed by atoms with E-state index in [1.165, 1.54) is 5.56 Å². The van der Waals surface area contributed by atoms with Gasteiger partial charge in [-0.05, 0) is 105 Å². The topological polar surface area (TPSA) is 105 Å². The minimum atomic E-state index is -3.91. The summed E-state index contributed by atoms with van der Waals surface area (Å²) in [5.74, 6) is 0.470. The molecule has 0 saturated heterocycles. The van der Waals surface area contributed by atoms with E-state index in [1.807, 2.05) is 45.0 Å². The summed E-state index contributed by atoms with van der Waals surface area (Å²) in [7, 11) is -3.91. The van der Waals surface area contributed by atoms with Crippen molar-refractivity contribution >= 4 is 39.1 Å². The molecule has 0 spiro atoms. The highest BCUT2D eigenvalue weighted by atomic mass is 35.5. The third-order valence-corrected chi connectivity index (χ3v) is 11.7. The zero-order valence-electron chi connectivity index (χ0n) is 26.6. The predicted molar refractivity (Wildman–Crippen MR) is 179 cm³/mol. The van der Waals surface area contributed by atoms with Crippen LogP contribution in [0, 0.1) is 17.8 Å². The number of allylic oxidation sites excluding steroid dienone is 1. The van der Waals surface area contributed by atoms with Gasteiger partial charge in [-0.3, -0.25) is 9.59 Å². The molecule has 8 nitrogen and oxygen atoms in total. The van der Waals surface area contributed by atoms with Crippen molar-refractivity contribution in [2.45, 2.75) is 90.0 Å². The number of fused-ring (bicyclic) bond motifs is 3. The summed E-state index contributed by atoms with van der Waals surface area (Å²) in [6, 6.07) is 11.0. The largest absolute Gasteiger partial charge is 0.487 e. The third kappa shape index (κ3) is 8.04. The first-order valence-electron chi connectivity index (χ1n) is 16.4. The lowest BCUT2D eigenvalue weighted by Crippen LogP contribution is -2.50. The summed E-state index contributed by atoms with van der Waals surface area (Å²) in [5, 5.41) is 3.26. The van der Waals surface area contributed by atoms with Gasteiger partial charge in [0.1, 0.15) is 12.4 Å². The number of rotatable bonds is 3. The van der Waals surface area contributed by atoms with Crippen molar-refractivity contribution in [2.24, 2.45) is 17.8 Å². The molecule has 1 saturated carbocycles. The maximum Gasteiger partial charge on any atom is 0.264 e. The van der Waals surface area contributed by atoms with E-state index in [2.05, 4.69) is 21.0 Å². The first kappa shape index (κ1) is 33.3. The number of aryl methyl sites for hydroxylation is 1. The molecule has 1 aliphatic carbocycles. The summed E-state index contributed by atoms with van der Waals surface area (Å²) < 4.78 is 35.4. The molecule has 10 heteroatoms. The second kappa shape index (κ2) is 14.6. The van der Waals surface area contributed by atoms with E-state index in [-0.39, 0.29) is 29.3 Å². The number of carbonyl (C=O) groups excluding carboxylic acids is 2. The number of hydrogen-bond donors (Lipinski definition) is 2. The maximum atomic E-state index is 13.4. The average Bonchev–Trinajstić information content (AvgIpc) is 3.01. The van der Waals surface area contributed by atoms with Crippen LogP contribution in [-0.4, -0.2) is 44.6 Å². The molecule has 0 unspecified atom stereocenters. The van der Waals surface area contributed by atoms with Gasteiger partial charge in [-0.15, -0.1) is 0 Å². The fraction of sp³-hybridized carbons (Fsp3) is 0.543. The van der Waals surface area contributed by atoms with Crippen LogP contribution in [0.1, 0.15) is 87.2 Å². The van der Waals surface area contributed by atoms with E-state index in [4.69, 9.17) is 16.3 Å². The Kier molecular flexibility index (Phi) is 10.8. The van der Waals surface area contributed by atoms with E-state index in [1.54, 1.807) is 18.2 Å². The van der Waals surface area contributed by atoms with Crippen LogP contribution >= 0.6 is 11.6 Å². The Bertz CT molecular complexity index is 1530. The van der Waals surface area contributed by atoms with Gasteiger partial charge in [0.2, 0.25) is 15.9 Å². The molecule has 2 amide bonds. The van der Waals surface area contributed by atoms with Crippen LogP contribution in [0.3, 0.4) is 0 Å². The number of hydrogen-bond acceptors (Lipinski definition) is 6. The van der Waals surface area contributed by atoms with Gasteiger partial charge in [0.05, 0.1) is 17.0 Å². The Balaban J connectivity index is 1.54. The fourth-order valence-corrected chi connectivity index (χ4v) is 8.28. The van der Waals surface area contributed by atoms with Crippen LogP contribution in [0.15, 0.2) is 48.6 Å². The Morgan fingerprint density at radius 3 is 2.67 bits per heavy atom.